The first-order chi connectivity index (χ1) is 8.00. The number of anilines is 1. The number of aromatic carboxylic acids is 1. The minimum atomic E-state index is -1.05. The second kappa shape index (κ2) is 5.69. The molecular weight excluding hydrogens is 224 g/mol. The maximum absolute atomic E-state index is 10.9. The summed E-state index contributed by atoms with van der Waals surface area (Å²) < 4.78 is 0. The quantitative estimate of drug-likeness (QED) is 0.545. The minimum absolute atomic E-state index is 0.0923. The average Bonchev–Trinajstić information content (AvgIpc) is 2.23. The van der Waals surface area contributed by atoms with E-state index in [0.717, 1.165) is 0 Å². The number of nitrogens with two attached hydrogens (primary N) is 1. The van der Waals surface area contributed by atoms with Crippen molar-refractivity contribution in [2.24, 2.45) is 5.73 Å². The molecule has 0 unspecified atom stereocenters. The van der Waals surface area contributed by atoms with Crippen molar-refractivity contribution in [1.82, 2.24) is 10.3 Å². The van der Waals surface area contributed by atoms with Gasteiger partial charge in [-0.3, -0.25) is 4.98 Å². The lowest BCUT2D eigenvalue weighted by atomic mass is 10.2. The number of carboxylic acid groups (broad SMARTS) is 1. The molecule has 0 spiro atoms. The second-order valence-electron chi connectivity index (χ2n) is 3.39. The fourth-order valence-electron chi connectivity index (χ4n) is 1.26. The standard InChI is InChI=1S/C10H14N4O3/c1-6-4-8(7(5-14-6)9(15)16)12-2-3-13-10(11)17/h4-5H,2-3H2,1H3,(H,12,14)(H,15,16)(H3,11,13,17). The average molecular weight is 238 g/mol. The molecule has 92 valence electrons. The van der Waals surface area contributed by atoms with Crippen LogP contribution in [0.4, 0.5) is 10.5 Å². The van der Waals surface area contributed by atoms with Crippen LogP contribution in [0.3, 0.4) is 0 Å². The van der Waals surface area contributed by atoms with Crippen LogP contribution < -0.4 is 16.4 Å². The summed E-state index contributed by atoms with van der Waals surface area (Å²) >= 11 is 0. The summed E-state index contributed by atoms with van der Waals surface area (Å²) in [7, 11) is 0. The van der Waals surface area contributed by atoms with Crippen molar-refractivity contribution >= 4 is 17.7 Å². The fraction of sp³-hybridized carbons (Fsp3) is 0.300. The normalized spacial score (nSPS) is 9.71. The Bertz CT molecular complexity index is 434. The molecule has 2 amide bonds. The molecule has 5 N–H and O–H groups in total. The van der Waals surface area contributed by atoms with E-state index < -0.39 is 12.0 Å². The van der Waals surface area contributed by atoms with E-state index in [-0.39, 0.29) is 5.56 Å². The maximum atomic E-state index is 10.9. The summed E-state index contributed by atoms with van der Waals surface area (Å²) in [6.45, 7) is 2.46. The highest BCUT2D eigenvalue weighted by Crippen LogP contribution is 2.15. The fourth-order valence-corrected chi connectivity index (χ4v) is 1.26. The predicted molar refractivity (Wildman–Crippen MR) is 62.0 cm³/mol. The van der Waals surface area contributed by atoms with Gasteiger partial charge in [-0.15, -0.1) is 0 Å². The Morgan fingerprint density at radius 3 is 2.76 bits per heavy atom. The van der Waals surface area contributed by atoms with Crippen LogP contribution in [0.25, 0.3) is 0 Å². The molecule has 0 atom stereocenters. The molecule has 1 aromatic heterocycles. The van der Waals surface area contributed by atoms with Gasteiger partial charge in [0.05, 0.1) is 5.69 Å². The summed E-state index contributed by atoms with van der Waals surface area (Å²) in [6.07, 6.45) is 1.29. The Kier molecular flexibility index (Phi) is 4.27. The van der Waals surface area contributed by atoms with E-state index in [1.54, 1.807) is 13.0 Å². The van der Waals surface area contributed by atoms with Crippen LogP contribution >= 0.6 is 0 Å². The van der Waals surface area contributed by atoms with E-state index in [9.17, 15) is 9.59 Å². The Balaban J connectivity index is 2.65. The first kappa shape index (κ1) is 12.8. The molecule has 0 aliphatic carbocycles. The van der Waals surface area contributed by atoms with E-state index in [1.807, 2.05) is 0 Å². The Hall–Kier alpha value is -2.31. The first-order valence-corrected chi connectivity index (χ1v) is 4.98. The van der Waals surface area contributed by atoms with Crippen molar-refractivity contribution in [2.75, 3.05) is 18.4 Å². The maximum Gasteiger partial charge on any atom is 0.339 e. The third kappa shape index (κ3) is 3.98. The molecule has 0 radical (unpaired) electrons. The first-order valence-electron chi connectivity index (χ1n) is 4.98. The van der Waals surface area contributed by atoms with Gasteiger partial charge in [-0.05, 0) is 13.0 Å². The number of urea groups is 1. The van der Waals surface area contributed by atoms with Crippen molar-refractivity contribution in [3.63, 3.8) is 0 Å². The molecule has 7 nitrogen and oxygen atoms in total. The molecule has 0 bridgehead atoms. The van der Waals surface area contributed by atoms with Crippen LogP contribution in [0.5, 0.6) is 0 Å². The largest absolute Gasteiger partial charge is 0.478 e. The number of carboxylic acids is 1. The molecule has 17 heavy (non-hydrogen) atoms. The highest BCUT2D eigenvalue weighted by molar-refractivity contribution is 5.93. The van der Waals surface area contributed by atoms with Gasteiger partial charge in [-0.25, -0.2) is 9.59 Å². The van der Waals surface area contributed by atoms with Crippen molar-refractivity contribution in [3.05, 3.63) is 23.5 Å². The van der Waals surface area contributed by atoms with Crippen molar-refractivity contribution in [1.29, 1.82) is 0 Å². The van der Waals surface area contributed by atoms with Crippen LogP contribution in [-0.4, -0.2) is 35.2 Å². The SMILES string of the molecule is Cc1cc(NCCNC(N)=O)c(C(=O)O)cn1. The molecule has 0 aliphatic heterocycles. The van der Waals surface area contributed by atoms with Crippen molar-refractivity contribution in [2.45, 2.75) is 6.92 Å². The van der Waals surface area contributed by atoms with Gasteiger partial charge in [0.25, 0.3) is 0 Å². The molecule has 1 aromatic rings. The third-order valence-electron chi connectivity index (χ3n) is 2.01. The van der Waals surface area contributed by atoms with E-state index in [2.05, 4.69) is 15.6 Å². The zero-order valence-electron chi connectivity index (χ0n) is 9.36. The number of nitrogens with zero attached hydrogens (tertiary/aromatic N) is 1. The van der Waals surface area contributed by atoms with Gasteiger partial charge >= 0.3 is 12.0 Å². The number of primary amides is 1. The number of hydrogen-bond acceptors (Lipinski definition) is 4. The number of rotatable bonds is 5. The summed E-state index contributed by atoms with van der Waals surface area (Å²) in [4.78, 5) is 25.2. The lowest BCUT2D eigenvalue weighted by Crippen LogP contribution is -2.33. The van der Waals surface area contributed by atoms with Gasteiger partial charge in [0.2, 0.25) is 0 Å². The smallest absolute Gasteiger partial charge is 0.339 e. The zero-order chi connectivity index (χ0) is 12.8. The van der Waals surface area contributed by atoms with Gasteiger partial charge < -0.3 is 21.5 Å². The van der Waals surface area contributed by atoms with Gasteiger partial charge in [0, 0.05) is 25.0 Å². The molecule has 1 rings (SSSR count). The lowest BCUT2D eigenvalue weighted by Gasteiger charge is -2.10. The minimum Gasteiger partial charge on any atom is -0.478 e. The van der Waals surface area contributed by atoms with Gasteiger partial charge in [-0.2, -0.15) is 0 Å². The van der Waals surface area contributed by atoms with Crippen LogP contribution in [0.2, 0.25) is 0 Å². The summed E-state index contributed by atoms with van der Waals surface area (Å²) in [5.41, 5.74) is 6.16. The molecule has 1 heterocycles. The summed E-state index contributed by atoms with van der Waals surface area (Å²) in [5.74, 6) is -1.05. The lowest BCUT2D eigenvalue weighted by molar-refractivity contribution is 0.0697. The van der Waals surface area contributed by atoms with Gasteiger partial charge in [-0.1, -0.05) is 0 Å². The number of carbonyl (C=O) groups excluding carboxylic acids is 1. The Morgan fingerprint density at radius 1 is 1.47 bits per heavy atom. The number of amides is 2. The monoisotopic (exact) mass is 238 g/mol. The van der Waals surface area contributed by atoms with Crippen molar-refractivity contribution in [3.8, 4) is 0 Å². The number of nitrogens with one attached hydrogen (secondary N) is 2. The number of carbonyl (C=O) groups is 2. The highest BCUT2D eigenvalue weighted by atomic mass is 16.4. The van der Waals surface area contributed by atoms with Crippen LogP contribution in [0.1, 0.15) is 16.1 Å². The van der Waals surface area contributed by atoms with Crippen LogP contribution in [-0.2, 0) is 0 Å². The van der Waals surface area contributed by atoms with Crippen molar-refractivity contribution < 1.29 is 14.7 Å². The van der Waals surface area contributed by atoms with E-state index in [0.29, 0.717) is 24.5 Å². The molecule has 7 heteroatoms. The zero-order valence-corrected chi connectivity index (χ0v) is 9.36. The summed E-state index contributed by atoms with van der Waals surface area (Å²) in [6, 6.07) is 1.02. The molecule has 0 aliphatic rings. The van der Waals surface area contributed by atoms with E-state index in [4.69, 9.17) is 10.8 Å². The van der Waals surface area contributed by atoms with E-state index in [1.165, 1.54) is 6.20 Å². The van der Waals surface area contributed by atoms with Gasteiger partial charge in [0.1, 0.15) is 5.56 Å². The summed E-state index contributed by atoms with van der Waals surface area (Å²) in [5, 5.41) is 14.2. The number of aryl methyl sites for hydroxylation is 1. The number of aromatic nitrogens is 1. The predicted octanol–water partition coefficient (Wildman–Crippen LogP) is 0.168. The number of pyridine rings is 1. The highest BCUT2D eigenvalue weighted by Gasteiger charge is 2.10. The van der Waals surface area contributed by atoms with Crippen LogP contribution in [0, 0.1) is 6.92 Å². The second-order valence-corrected chi connectivity index (χ2v) is 3.39. The van der Waals surface area contributed by atoms with Crippen LogP contribution in [0.15, 0.2) is 12.3 Å². The molecule has 0 fully saturated rings. The number of hydrogen-bond donors (Lipinski definition) is 4. The van der Waals surface area contributed by atoms with Gasteiger partial charge in [0.15, 0.2) is 0 Å². The molecule has 0 saturated heterocycles. The molecule has 0 aromatic carbocycles. The Labute approximate surface area is 98.0 Å². The third-order valence-corrected chi connectivity index (χ3v) is 2.01. The topological polar surface area (TPSA) is 117 Å². The Morgan fingerprint density at radius 2 is 2.18 bits per heavy atom. The van der Waals surface area contributed by atoms with E-state index >= 15 is 0 Å². The molecule has 0 saturated carbocycles. The molecular formula is C10H14N4O3.